The lowest BCUT2D eigenvalue weighted by atomic mass is 9.85. The van der Waals surface area contributed by atoms with Crippen LogP contribution in [0.5, 0.6) is 0 Å². The van der Waals surface area contributed by atoms with Crippen LogP contribution in [0.1, 0.15) is 43.7 Å². The van der Waals surface area contributed by atoms with Crippen LogP contribution in [-0.4, -0.2) is 23.9 Å². The Morgan fingerprint density at radius 3 is 2.55 bits per heavy atom. The van der Waals surface area contributed by atoms with Gasteiger partial charge in [-0.15, -0.1) is 0 Å². The van der Waals surface area contributed by atoms with Gasteiger partial charge in [-0.1, -0.05) is 44.0 Å². The molecule has 110 valence electrons. The molecule has 0 aromatic heterocycles. The lowest BCUT2D eigenvalue weighted by molar-refractivity contribution is -0.132. The fraction of sp³-hybridized carbons (Fsp3) is 0.588. The molecule has 3 heteroatoms. The highest BCUT2D eigenvalue weighted by Gasteiger charge is 2.27. The number of carbonyl (C=O) groups excluding carboxylic acids is 1. The van der Waals surface area contributed by atoms with Crippen molar-refractivity contribution in [2.75, 3.05) is 7.05 Å². The van der Waals surface area contributed by atoms with Crippen molar-refractivity contribution in [3.8, 4) is 0 Å². The van der Waals surface area contributed by atoms with Crippen LogP contribution >= 0.6 is 0 Å². The summed E-state index contributed by atoms with van der Waals surface area (Å²) in [6, 6.07) is 8.37. The summed E-state index contributed by atoms with van der Waals surface area (Å²) in [4.78, 5) is 14.5. The van der Waals surface area contributed by atoms with Crippen molar-refractivity contribution >= 4 is 5.91 Å². The van der Waals surface area contributed by atoms with Gasteiger partial charge in [0, 0.05) is 19.6 Å². The van der Waals surface area contributed by atoms with Gasteiger partial charge in [-0.05, 0) is 29.9 Å². The first-order valence-electron chi connectivity index (χ1n) is 7.66. The largest absolute Gasteiger partial charge is 0.342 e. The second-order valence-electron chi connectivity index (χ2n) is 5.98. The summed E-state index contributed by atoms with van der Waals surface area (Å²) in [5.74, 6) is 0.826. The quantitative estimate of drug-likeness (QED) is 0.917. The van der Waals surface area contributed by atoms with E-state index in [0.717, 1.165) is 17.5 Å². The molecular weight excluding hydrogens is 248 g/mol. The van der Waals surface area contributed by atoms with Crippen LogP contribution in [0.15, 0.2) is 24.3 Å². The summed E-state index contributed by atoms with van der Waals surface area (Å²) in [5, 5.41) is 0. The number of likely N-dealkylation sites (N-methyl/N-ethyl adjacent to an activating group) is 1. The Balaban J connectivity index is 2.03. The fourth-order valence-electron chi connectivity index (χ4n) is 3.27. The van der Waals surface area contributed by atoms with E-state index in [1.807, 2.05) is 36.2 Å². The molecule has 1 aromatic rings. The van der Waals surface area contributed by atoms with Crippen LogP contribution in [0.2, 0.25) is 0 Å². The molecule has 0 saturated heterocycles. The van der Waals surface area contributed by atoms with E-state index in [4.69, 9.17) is 5.73 Å². The maximum absolute atomic E-state index is 12.5. The van der Waals surface area contributed by atoms with E-state index in [0.29, 0.717) is 24.9 Å². The number of hydrogen-bond donors (Lipinski definition) is 1. The minimum absolute atomic E-state index is 0.213. The summed E-state index contributed by atoms with van der Waals surface area (Å²) >= 11 is 0. The highest BCUT2D eigenvalue weighted by atomic mass is 16.2. The molecule has 1 aliphatic carbocycles. The number of amides is 1. The number of nitrogens with zero attached hydrogens (tertiary/aromatic N) is 1. The minimum Gasteiger partial charge on any atom is -0.342 e. The van der Waals surface area contributed by atoms with Crippen LogP contribution in [0, 0.1) is 5.92 Å². The maximum Gasteiger partial charge on any atom is 0.227 e. The monoisotopic (exact) mass is 274 g/mol. The van der Waals surface area contributed by atoms with Gasteiger partial charge in [-0.3, -0.25) is 4.79 Å². The van der Waals surface area contributed by atoms with Crippen molar-refractivity contribution in [2.24, 2.45) is 11.7 Å². The van der Waals surface area contributed by atoms with Gasteiger partial charge in [0.1, 0.15) is 0 Å². The lowest BCUT2D eigenvalue weighted by Crippen LogP contribution is -2.43. The van der Waals surface area contributed by atoms with E-state index in [-0.39, 0.29) is 5.91 Å². The van der Waals surface area contributed by atoms with Crippen molar-refractivity contribution in [1.82, 2.24) is 4.90 Å². The van der Waals surface area contributed by atoms with E-state index in [2.05, 4.69) is 6.92 Å². The summed E-state index contributed by atoms with van der Waals surface area (Å²) in [6.07, 6.45) is 5.39. The maximum atomic E-state index is 12.5. The molecular formula is C17H26N2O. The van der Waals surface area contributed by atoms with Gasteiger partial charge in [0.25, 0.3) is 0 Å². The highest BCUT2D eigenvalue weighted by molar-refractivity contribution is 5.79. The molecule has 0 heterocycles. The summed E-state index contributed by atoms with van der Waals surface area (Å²) in [5.41, 5.74) is 7.88. The van der Waals surface area contributed by atoms with Crippen LogP contribution < -0.4 is 5.73 Å². The molecule has 1 fully saturated rings. The fourth-order valence-corrected chi connectivity index (χ4v) is 3.27. The predicted octanol–water partition coefficient (Wildman–Crippen LogP) is 2.72. The second-order valence-corrected chi connectivity index (χ2v) is 5.98. The van der Waals surface area contributed by atoms with Crippen molar-refractivity contribution in [1.29, 1.82) is 0 Å². The number of benzene rings is 1. The van der Waals surface area contributed by atoms with Crippen molar-refractivity contribution < 1.29 is 4.79 Å². The Morgan fingerprint density at radius 1 is 1.25 bits per heavy atom. The SMILES string of the molecule is CC1CCCCC1N(C)C(=O)Cc1ccccc1CN. The Bertz CT molecular complexity index is 458. The van der Waals surface area contributed by atoms with Gasteiger partial charge in [0.05, 0.1) is 6.42 Å². The second kappa shape index (κ2) is 6.89. The lowest BCUT2D eigenvalue weighted by Gasteiger charge is -2.36. The van der Waals surface area contributed by atoms with Gasteiger partial charge in [0.2, 0.25) is 5.91 Å². The summed E-state index contributed by atoms with van der Waals surface area (Å²) in [7, 11) is 1.96. The highest BCUT2D eigenvalue weighted by Crippen LogP contribution is 2.27. The van der Waals surface area contributed by atoms with E-state index in [1.54, 1.807) is 0 Å². The molecule has 0 spiro atoms. The third kappa shape index (κ3) is 3.40. The van der Waals surface area contributed by atoms with Gasteiger partial charge in [-0.2, -0.15) is 0 Å². The van der Waals surface area contributed by atoms with Gasteiger partial charge < -0.3 is 10.6 Å². The molecule has 2 atom stereocenters. The average Bonchev–Trinajstić information content (AvgIpc) is 2.47. The third-order valence-electron chi connectivity index (χ3n) is 4.64. The minimum atomic E-state index is 0.213. The molecule has 3 nitrogen and oxygen atoms in total. The van der Waals surface area contributed by atoms with E-state index in [9.17, 15) is 4.79 Å². The summed E-state index contributed by atoms with van der Waals surface area (Å²) in [6.45, 7) is 2.76. The molecule has 2 rings (SSSR count). The standard InChI is InChI=1S/C17H26N2O/c1-13-7-3-6-10-16(13)19(2)17(20)11-14-8-4-5-9-15(14)12-18/h4-5,8-9,13,16H,3,6-7,10-12,18H2,1-2H3. The average molecular weight is 274 g/mol. The molecule has 1 saturated carbocycles. The molecule has 0 aliphatic heterocycles. The molecule has 2 unspecified atom stereocenters. The number of nitrogens with two attached hydrogens (primary N) is 1. The van der Waals surface area contributed by atoms with Crippen molar-refractivity contribution in [3.05, 3.63) is 35.4 Å². The Hall–Kier alpha value is -1.35. The molecule has 1 aliphatic rings. The van der Waals surface area contributed by atoms with E-state index >= 15 is 0 Å². The Labute approximate surface area is 122 Å². The molecule has 0 bridgehead atoms. The first kappa shape index (κ1) is 15.0. The number of rotatable bonds is 4. The van der Waals surface area contributed by atoms with Crippen LogP contribution in [-0.2, 0) is 17.8 Å². The first-order valence-corrected chi connectivity index (χ1v) is 7.66. The zero-order chi connectivity index (χ0) is 14.5. The third-order valence-corrected chi connectivity index (χ3v) is 4.64. The van der Waals surface area contributed by atoms with Crippen molar-refractivity contribution in [3.63, 3.8) is 0 Å². The van der Waals surface area contributed by atoms with Gasteiger partial charge in [0.15, 0.2) is 0 Å². The Kier molecular flexibility index (Phi) is 5.18. The first-order chi connectivity index (χ1) is 9.63. The molecule has 1 aromatic carbocycles. The van der Waals surface area contributed by atoms with Gasteiger partial charge >= 0.3 is 0 Å². The molecule has 1 amide bonds. The molecule has 2 N–H and O–H groups in total. The predicted molar refractivity (Wildman–Crippen MR) is 82.2 cm³/mol. The molecule has 20 heavy (non-hydrogen) atoms. The Morgan fingerprint density at radius 2 is 1.90 bits per heavy atom. The zero-order valence-corrected chi connectivity index (χ0v) is 12.6. The normalized spacial score (nSPS) is 22.6. The van der Waals surface area contributed by atoms with Crippen LogP contribution in [0.4, 0.5) is 0 Å². The molecule has 0 radical (unpaired) electrons. The summed E-state index contributed by atoms with van der Waals surface area (Å²) < 4.78 is 0. The van der Waals surface area contributed by atoms with E-state index < -0.39 is 0 Å². The van der Waals surface area contributed by atoms with Gasteiger partial charge in [-0.25, -0.2) is 0 Å². The van der Waals surface area contributed by atoms with Crippen LogP contribution in [0.25, 0.3) is 0 Å². The van der Waals surface area contributed by atoms with E-state index in [1.165, 1.54) is 19.3 Å². The number of carbonyl (C=O) groups is 1. The zero-order valence-electron chi connectivity index (χ0n) is 12.6. The van der Waals surface area contributed by atoms with Crippen LogP contribution in [0.3, 0.4) is 0 Å². The smallest absolute Gasteiger partial charge is 0.227 e. The number of hydrogen-bond acceptors (Lipinski definition) is 2. The van der Waals surface area contributed by atoms with Crippen molar-refractivity contribution in [2.45, 2.75) is 51.6 Å². The topological polar surface area (TPSA) is 46.3 Å².